The van der Waals surface area contributed by atoms with Crippen LogP contribution >= 0.6 is 0 Å². The first kappa shape index (κ1) is 19.1. The van der Waals surface area contributed by atoms with Gasteiger partial charge < -0.3 is 30.2 Å². The first-order chi connectivity index (χ1) is 13.5. The zero-order chi connectivity index (χ0) is 20.3. The molecule has 12 heteroatoms. The average molecular weight is 392 g/mol. The molecule has 4 N–H and O–H groups in total. The quantitative estimate of drug-likeness (QED) is 0.352. The van der Waals surface area contributed by atoms with Crippen molar-refractivity contribution in [2.45, 2.75) is 12.3 Å². The number of ether oxygens (including phenoxy) is 3. The third-order valence-electron chi connectivity index (χ3n) is 4.16. The number of urea groups is 2. The lowest BCUT2D eigenvalue weighted by molar-refractivity contribution is -0.121. The lowest BCUT2D eigenvalue weighted by Gasteiger charge is -2.19. The summed E-state index contributed by atoms with van der Waals surface area (Å²) in [5.74, 6) is 0.798. The van der Waals surface area contributed by atoms with E-state index in [2.05, 4.69) is 26.5 Å². The Morgan fingerprint density at radius 1 is 1.14 bits per heavy atom. The van der Waals surface area contributed by atoms with E-state index in [0.717, 1.165) is 0 Å². The largest absolute Gasteiger partial charge is 0.493 e. The highest BCUT2D eigenvalue weighted by molar-refractivity contribution is 5.89. The van der Waals surface area contributed by atoms with Crippen LogP contribution in [0.2, 0.25) is 0 Å². The molecular weight excluding hydrogens is 372 g/mol. The van der Waals surface area contributed by atoms with Gasteiger partial charge in [-0.1, -0.05) is 0 Å². The Morgan fingerprint density at radius 2 is 1.82 bits per heavy atom. The predicted molar refractivity (Wildman–Crippen MR) is 96.3 cm³/mol. The minimum Gasteiger partial charge on any atom is -0.493 e. The van der Waals surface area contributed by atoms with E-state index in [0.29, 0.717) is 22.8 Å². The molecule has 0 radical (unpaired) electrons. The van der Waals surface area contributed by atoms with E-state index in [1.807, 2.05) is 0 Å². The molecule has 2 unspecified atom stereocenters. The van der Waals surface area contributed by atoms with Gasteiger partial charge in [0.25, 0.3) is 5.91 Å². The number of hydrogen-bond acceptors (Lipinski definition) is 7. The number of amides is 5. The number of nitrogens with zero attached hydrogens (tertiary/aromatic N) is 2. The van der Waals surface area contributed by atoms with Gasteiger partial charge in [-0.25, -0.2) is 15.0 Å². The van der Waals surface area contributed by atoms with Gasteiger partial charge in [0.15, 0.2) is 11.5 Å². The van der Waals surface area contributed by atoms with Crippen molar-refractivity contribution in [1.29, 1.82) is 0 Å². The molecule has 28 heavy (non-hydrogen) atoms. The highest BCUT2D eigenvalue weighted by atomic mass is 16.5. The van der Waals surface area contributed by atoms with Gasteiger partial charge in [0.2, 0.25) is 5.75 Å². The Morgan fingerprint density at radius 3 is 2.43 bits per heavy atom. The molecule has 0 bridgehead atoms. The van der Waals surface area contributed by atoms with E-state index in [1.54, 1.807) is 12.1 Å². The van der Waals surface area contributed by atoms with Crippen LogP contribution in [0, 0.1) is 0 Å². The summed E-state index contributed by atoms with van der Waals surface area (Å²) in [6, 6.07) is 2.44. The number of benzene rings is 1. The third-order valence-corrected chi connectivity index (χ3v) is 4.16. The Kier molecular flexibility index (Phi) is 5.38. The van der Waals surface area contributed by atoms with E-state index < -0.39 is 30.3 Å². The zero-order valence-corrected chi connectivity index (χ0v) is 15.4. The Bertz CT molecular complexity index is 803. The van der Waals surface area contributed by atoms with Crippen molar-refractivity contribution >= 4 is 24.2 Å². The van der Waals surface area contributed by atoms with Gasteiger partial charge in [-0.15, -0.1) is 0 Å². The van der Waals surface area contributed by atoms with Crippen molar-refractivity contribution in [1.82, 2.24) is 26.3 Å². The molecule has 2 saturated heterocycles. The molecule has 0 aliphatic carbocycles. The number of methoxy groups -OCH3 is 3. The van der Waals surface area contributed by atoms with Gasteiger partial charge in [-0.3, -0.25) is 9.69 Å². The fourth-order valence-corrected chi connectivity index (χ4v) is 2.91. The van der Waals surface area contributed by atoms with Gasteiger partial charge in [-0.05, 0) is 12.1 Å². The maximum atomic E-state index is 12.1. The highest BCUT2D eigenvalue weighted by Crippen LogP contribution is 2.37. The van der Waals surface area contributed by atoms with E-state index >= 15 is 0 Å². The molecule has 5 amide bonds. The molecule has 0 spiro atoms. The van der Waals surface area contributed by atoms with Gasteiger partial charge in [-0.2, -0.15) is 5.10 Å². The van der Waals surface area contributed by atoms with Crippen molar-refractivity contribution in [3.8, 4) is 17.2 Å². The van der Waals surface area contributed by atoms with Crippen molar-refractivity contribution in [2.24, 2.45) is 5.10 Å². The van der Waals surface area contributed by atoms with E-state index in [-0.39, 0.29) is 6.54 Å². The molecule has 0 aromatic heterocycles. The second kappa shape index (κ2) is 7.90. The van der Waals surface area contributed by atoms with Gasteiger partial charge in [0.1, 0.15) is 18.9 Å². The second-order valence-electron chi connectivity index (χ2n) is 5.87. The lowest BCUT2D eigenvalue weighted by Crippen LogP contribution is -2.47. The second-order valence-corrected chi connectivity index (χ2v) is 5.87. The maximum Gasteiger partial charge on any atom is 0.321 e. The van der Waals surface area contributed by atoms with Crippen LogP contribution in [0.15, 0.2) is 17.2 Å². The number of carbonyl (C=O) groups is 3. The third kappa shape index (κ3) is 3.70. The molecular formula is C16H20N6O6. The summed E-state index contributed by atoms with van der Waals surface area (Å²) in [4.78, 5) is 36.5. The number of hydrazone groups is 1. The van der Waals surface area contributed by atoms with Gasteiger partial charge in [0, 0.05) is 5.56 Å². The van der Waals surface area contributed by atoms with Crippen LogP contribution in [0.3, 0.4) is 0 Å². The Labute approximate surface area is 160 Å². The number of fused-ring (bicyclic) bond motifs is 1. The first-order valence-electron chi connectivity index (χ1n) is 8.23. The molecule has 2 heterocycles. The van der Waals surface area contributed by atoms with E-state index in [1.165, 1.54) is 32.4 Å². The highest BCUT2D eigenvalue weighted by Gasteiger charge is 2.45. The van der Waals surface area contributed by atoms with Gasteiger partial charge >= 0.3 is 12.1 Å². The zero-order valence-electron chi connectivity index (χ0n) is 15.4. The Balaban J connectivity index is 1.62. The first-order valence-corrected chi connectivity index (χ1v) is 8.23. The van der Waals surface area contributed by atoms with Crippen LogP contribution in [-0.2, 0) is 4.79 Å². The fraction of sp³-hybridized carbons (Fsp3) is 0.375. The number of carbonyl (C=O) groups excluding carboxylic acids is 3. The molecule has 2 fully saturated rings. The van der Waals surface area contributed by atoms with Crippen molar-refractivity contribution < 1.29 is 28.6 Å². The summed E-state index contributed by atoms with van der Waals surface area (Å²) in [7, 11) is 4.48. The smallest absolute Gasteiger partial charge is 0.321 e. The average Bonchev–Trinajstić information content (AvgIpc) is 3.16. The molecule has 2 atom stereocenters. The van der Waals surface area contributed by atoms with Crippen LogP contribution in [-0.4, -0.2) is 69.3 Å². The normalized spacial score (nSPS) is 20.3. The Hall–Kier alpha value is -3.70. The lowest BCUT2D eigenvalue weighted by atomic mass is 10.2. The molecule has 1 aromatic rings. The number of nitrogens with one attached hydrogen (secondary N) is 4. The summed E-state index contributed by atoms with van der Waals surface area (Å²) < 4.78 is 15.7. The monoisotopic (exact) mass is 392 g/mol. The van der Waals surface area contributed by atoms with E-state index in [4.69, 9.17) is 14.2 Å². The van der Waals surface area contributed by atoms with Crippen molar-refractivity contribution in [2.75, 3.05) is 27.9 Å². The van der Waals surface area contributed by atoms with E-state index in [9.17, 15) is 14.4 Å². The molecule has 1 aromatic carbocycles. The van der Waals surface area contributed by atoms with Crippen LogP contribution in [0.25, 0.3) is 0 Å². The molecule has 150 valence electrons. The SMILES string of the molecule is COc1cc(/C=N/NC(=O)CN2C(=O)NC3NC(=O)NC32)cc(OC)c1OC. The molecule has 2 aliphatic rings. The predicted octanol–water partition coefficient (Wildman–Crippen LogP) is -0.847. The molecule has 12 nitrogen and oxygen atoms in total. The summed E-state index contributed by atoms with van der Waals surface area (Å²) in [6.45, 7) is -0.276. The molecule has 2 aliphatic heterocycles. The van der Waals surface area contributed by atoms with Crippen molar-refractivity contribution in [3.63, 3.8) is 0 Å². The molecule has 3 rings (SSSR count). The van der Waals surface area contributed by atoms with Crippen molar-refractivity contribution in [3.05, 3.63) is 17.7 Å². The fourth-order valence-electron chi connectivity index (χ4n) is 2.91. The minimum absolute atomic E-state index is 0.276. The van der Waals surface area contributed by atoms with Crippen LogP contribution < -0.4 is 35.6 Å². The van der Waals surface area contributed by atoms with Crippen LogP contribution in [0.5, 0.6) is 17.2 Å². The summed E-state index contributed by atoms with van der Waals surface area (Å²) in [5.41, 5.74) is 2.93. The minimum atomic E-state index is -0.634. The number of rotatable bonds is 7. The summed E-state index contributed by atoms with van der Waals surface area (Å²) in [5, 5.41) is 11.5. The number of hydrogen-bond donors (Lipinski definition) is 4. The topological polar surface area (TPSA) is 143 Å². The van der Waals surface area contributed by atoms with Crippen LogP contribution in [0.1, 0.15) is 5.56 Å². The van der Waals surface area contributed by atoms with Crippen LogP contribution in [0.4, 0.5) is 9.59 Å². The van der Waals surface area contributed by atoms with Gasteiger partial charge in [0.05, 0.1) is 27.5 Å². The summed E-state index contributed by atoms with van der Waals surface area (Å²) in [6.07, 6.45) is 0.189. The summed E-state index contributed by atoms with van der Waals surface area (Å²) >= 11 is 0. The standard InChI is InChI=1S/C16H20N6O6/c1-26-9-4-8(5-10(27-2)12(9)28-3)6-17-21-11(23)7-22-14-13(19-16(22)25)18-15(24)20-14/h4-6,13-14H,7H2,1-3H3,(H,19,25)(H,21,23)(H2,18,20,24)/b17-6+. The maximum absolute atomic E-state index is 12.1. The molecule has 0 saturated carbocycles.